The molecular weight excluding hydrogens is 354 g/mol. The summed E-state index contributed by atoms with van der Waals surface area (Å²) in [6, 6.07) is 3.46. The lowest BCUT2D eigenvalue weighted by Gasteiger charge is -2.34. The van der Waals surface area contributed by atoms with Crippen molar-refractivity contribution in [3.63, 3.8) is 0 Å². The molecule has 0 saturated carbocycles. The Morgan fingerprint density at radius 1 is 1.46 bits per heavy atom. The zero-order valence-corrected chi connectivity index (χ0v) is 16.8. The number of aromatic nitrogens is 1. The molecule has 2 heterocycles. The van der Waals surface area contributed by atoms with Crippen LogP contribution in [-0.4, -0.2) is 68.1 Å². The van der Waals surface area contributed by atoms with Gasteiger partial charge in [-0.15, -0.1) is 0 Å². The minimum atomic E-state index is -3.21. The molecule has 1 aliphatic heterocycles. The van der Waals surface area contributed by atoms with Crippen LogP contribution in [0.4, 0.5) is 0 Å². The van der Waals surface area contributed by atoms with Crippen molar-refractivity contribution in [1.29, 1.82) is 0 Å². The molecule has 0 N–H and O–H groups in total. The van der Waals surface area contributed by atoms with Crippen molar-refractivity contribution in [2.45, 2.75) is 26.7 Å². The number of rotatable bonds is 7. The molecule has 0 bridgehead atoms. The fourth-order valence-electron chi connectivity index (χ4n) is 2.98. The number of hydrogen-bond acceptors (Lipinski definition) is 5. The van der Waals surface area contributed by atoms with Crippen LogP contribution in [0.15, 0.2) is 18.3 Å². The Labute approximate surface area is 156 Å². The number of likely N-dealkylation sites (tertiary alicyclic amines) is 1. The first kappa shape index (κ1) is 20.6. The van der Waals surface area contributed by atoms with Crippen LogP contribution in [0.1, 0.15) is 37.0 Å². The lowest BCUT2D eigenvalue weighted by molar-refractivity contribution is 0.0658. The predicted octanol–water partition coefficient (Wildman–Crippen LogP) is 1.86. The van der Waals surface area contributed by atoms with E-state index >= 15 is 0 Å². The third kappa shape index (κ3) is 5.67. The number of carbonyl (C=O) groups is 1. The van der Waals surface area contributed by atoms with Crippen molar-refractivity contribution < 1.29 is 17.9 Å². The van der Waals surface area contributed by atoms with Gasteiger partial charge in [-0.2, -0.15) is 0 Å². The molecule has 1 saturated heterocycles. The maximum absolute atomic E-state index is 13.0. The second-order valence-electron chi connectivity index (χ2n) is 7.36. The summed E-state index contributed by atoms with van der Waals surface area (Å²) >= 11 is 0. The molecule has 146 valence electrons. The van der Waals surface area contributed by atoms with Crippen LogP contribution in [0.25, 0.3) is 0 Å². The summed E-state index contributed by atoms with van der Waals surface area (Å²) in [5.74, 6) is 0.722. The zero-order chi connectivity index (χ0) is 19.3. The number of nitrogens with zero attached hydrogens (tertiary/aromatic N) is 3. The van der Waals surface area contributed by atoms with Crippen LogP contribution in [0.5, 0.6) is 5.88 Å². The monoisotopic (exact) mass is 383 g/mol. The number of sulfonamides is 1. The molecule has 26 heavy (non-hydrogen) atoms. The van der Waals surface area contributed by atoms with Gasteiger partial charge in [-0.05, 0) is 36.8 Å². The van der Waals surface area contributed by atoms with Gasteiger partial charge in [-0.1, -0.05) is 13.8 Å². The van der Waals surface area contributed by atoms with Gasteiger partial charge >= 0.3 is 0 Å². The zero-order valence-electron chi connectivity index (χ0n) is 16.0. The average molecular weight is 384 g/mol. The van der Waals surface area contributed by atoms with Gasteiger partial charge in [-0.3, -0.25) is 4.79 Å². The summed E-state index contributed by atoms with van der Waals surface area (Å²) in [5, 5.41) is 0. The van der Waals surface area contributed by atoms with Crippen LogP contribution in [0, 0.1) is 11.8 Å². The topological polar surface area (TPSA) is 79.8 Å². The fourth-order valence-corrected chi connectivity index (χ4v) is 3.46. The second-order valence-corrected chi connectivity index (χ2v) is 9.45. The Bertz CT molecular complexity index is 721. The molecule has 1 atom stereocenters. The molecule has 1 unspecified atom stereocenters. The van der Waals surface area contributed by atoms with Crippen LogP contribution in [-0.2, 0) is 10.0 Å². The van der Waals surface area contributed by atoms with Crippen LogP contribution < -0.4 is 4.74 Å². The Morgan fingerprint density at radius 3 is 2.85 bits per heavy atom. The molecule has 8 heteroatoms. The minimum Gasteiger partial charge on any atom is -0.477 e. The van der Waals surface area contributed by atoms with Gasteiger partial charge in [0, 0.05) is 32.9 Å². The SMILES string of the molecule is CC(C)COc1ncccc1C(=O)N1CCCC(CN(C)S(C)(=O)=O)C1. The largest absolute Gasteiger partial charge is 0.477 e. The molecule has 1 amide bonds. The standard InChI is InChI=1S/C18H29N3O4S/c1-14(2)13-25-17-16(8-5-9-19-17)18(22)21-10-6-7-15(12-21)11-20(3)26(4,23)24/h5,8-9,14-15H,6-7,10-13H2,1-4H3. The summed E-state index contributed by atoms with van der Waals surface area (Å²) in [7, 11) is -1.64. The summed E-state index contributed by atoms with van der Waals surface area (Å²) in [5.41, 5.74) is 0.463. The van der Waals surface area contributed by atoms with Crippen LogP contribution >= 0.6 is 0 Å². The van der Waals surface area contributed by atoms with E-state index in [0.717, 1.165) is 12.8 Å². The third-order valence-electron chi connectivity index (χ3n) is 4.44. The molecule has 1 aliphatic rings. The average Bonchev–Trinajstić information content (AvgIpc) is 2.59. The maximum atomic E-state index is 13.0. The molecule has 0 radical (unpaired) electrons. The summed E-state index contributed by atoms with van der Waals surface area (Å²) in [6.07, 6.45) is 4.59. The highest BCUT2D eigenvalue weighted by molar-refractivity contribution is 7.88. The Morgan fingerprint density at radius 2 is 2.19 bits per heavy atom. The van der Waals surface area contributed by atoms with Gasteiger partial charge in [0.15, 0.2) is 0 Å². The second kappa shape index (κ2) is 8.81. The highest BCUT2D eigenvalue weighted by Crippen LogP contribution is 2.23. The quantitative estimate of drug-likeness (QED) is 0.718. The highest BCUT2D eigenvalue weighted by atomic mass is 32.2. The molecule has 7 nitrogen and oxygen atoms in total. The van der Waals surface area contributed by atoms with Gasteiger partial charge in [0.1, 0.15) is 5.56 Å². The van der Waals surface area contributed by atoms with E-state index in [1.54, 1.807) is 30.3 Å². The van der Waals surface area contributed by atoms with E-state index in [4.69, 9.17) is 4.74 Å². The first-order valence-electron chi connectivity index (χ1n) is 8.97. The molecule has 0 aromatic carbocycles. The van der Waals surface area contributed by atoms with Crippen LogP contribution in [0.2, 0.25) is 0 Å². The van der Waals surface area contributed by atoms with Crippen molar-refractivity contribution >= 4 is 15.9 Å². The number of piperidine rings is 1. The lowest BCUT2D eigenvalue weighted by atomic mass is 9.97. The molecule has 1 aromatic rings. The van der Waals surface area contributed by atoms with Gasteiger partial charge < -0.3 is 9.64 Å². The van der Waals surface area contributed by atoms with Gasteiger partial charge in [0.05, 0.1) is 12.9 Å². The molecule has 0 spiro atoms. The van der Waals surface area contributed by atoms with Crippen molar-refractivity contribution in [3.8, 4) is 5.88 Å². The van der Waals surface area contributed by atoms with E-state index in [1.807, 2.05) is 13.8 Å². The van der Waals surface area contributed by atoms with Crippen molar-refractivity contribution in [2.75, 3.05) is 39.5 Å². The normalized spacial score (nSPS) is 18.4. The Kier molecular flexibility index (Phi) is 7.00. The molecular formula is C18H29N3O4S. The van der Waals surface area contributed by atoms with Gasteiger partial charge in [-0.25, -0.2) is 17.7 Å². The first-order valence-corrected chi connectivity index (χ1v) is 10.8. The molecule has 1 fully saturated rings. The number of amides is 1. The van der Waals surface area contributed by atoms with E-state index in [-0.39, 0.29) is 11.8 Å². The van der Waals surface area contributed by atoms with Crippen molar-refractivity contribution in [1.82, 2.24) is 14.2 Å². The number of carbonyl (C=O) groups excluding carboxylic acids is 1. The van der Waals surface area contributed by atoms with Gasteiger partial charge in [0.2, 0.25) is 15.9 Å². The summed E-state index contributed by atoms with van der Waals surface area (Å²) in [6.45, 7) is 6.20. The number of hydrogen-bond donors (Lipinski definition) is 0. The van der Waals surface area contributed by atoms with Crippen molar-refractivity contribution in [3.05, 3.63) is 23.9 Å². The minimum absolute atomic E-state index is 0.108. The van der Waals surface area contributed by atoms with Crippen LogP contribution in [0.3, 0.4) is 0 Å². The highest BCUT2D eigenvalue weighted by Gasteiger charge is 2.28. The predicted molar refractivity (Wildman–Crippen MR) is 101 cm³/mol. The summed E-state index contributed by atoms with van der Waals surface area (Å²) < 4.78 is 30.3. The third-order valence-corrected chi connectivity index (χ3v) is 5.72. The van der Waals surface area contributed by atoms with E-state index in [2.05, 4.69) is 4.98 Å². The maximum Gasteiger partial charge on any atom is 0.259 e. The van der Waals surface area contributed by atoms with E-state index in [0.29, 0.717) is 43.6 Å². The Balaban J connectivity index is 2.07. The number of pyridine rings is 1. The number of ether oxygens (including phenoxy) is 1. The molecule has 2 rings (SSSR count). The summed E-state index contributed by atoms with van der Waals surface area (Å²) in [4.78, 5) is 19.0. The van der Waals surface area contributed by atoms with E-state index < -0.39 is 10.0 Å². The van der Waals surface area contributed by atoms with Gasteiger partial charge in [0.25, 0.3) is 5.91 Å². The molecule has 1 aromatic heterocycles. The fraction of sp³-hybridized carbons (Fsp3) is 0.667. The van der Waals surface area contributed by atoms with E-state index in [1.165, 1.54) is 10.6 Å². The first-order chi connectivity index (χ1) is 12.2. The van der Waals surface area contributed by atoms with E-state index in [9.17, 15) is 13.2 Å². The Hall–Kier alpha value is -1.67. The smallest absolute Gasteiger partial charge is 0.259 e. The lowest BCUT2D eigenvalue weighted by Crippen LogP contribution is -2.44. The van der Waals surface area contributed by atoms with Crippen molar-refractivity contribution in [2.24, 2.45) is 11.8 Å². The molecule has 0 aliphatic carbocycles.